The van der Waals surface area contributed by atoms with E-state index in [1.807, 2.05) is 6.92 Å². The van der Waals surface area contributed by atoms with Crippen molar-refractivity contribution in [1.82, 2.24) is 9.78 Å². The number of unbranched alkanes of at least 4 members (excludes halogenated alkanes) is 1. The molecule has 5 nitrogen and oxygen atoms in total. The van der Waals surface area contributed by atoms with E-state index < -0.39 is 0 Å². The van der Waals surface area contributed by atoms with Crippen LogP contribution in [0.2, 0.25) is 0 Å². The molecule has 2 rings (SSSR count). The number of nitrogens with one attached hydrogen (secondary N) is 1. The standard InChI is InChI=1S/C15H20N2O3/c1-5-6-7-17-15(20)11(9(4)16-17)12-13(18)10(8(2)3)14(12)19/h16,18H,5-7H2,1-4H3/p-1. The molecule has 5 heteroatoms. The summed E-state index contributed by atoms with van der Waals surface area (Å²) in [6.07, 6.45) is 1.84. The highest BCUT2D eigenvalue weighted by molar-refractivity contribution is 6.39. The Morgan fingerprint density at radius 2 is 1.95 bits per heavy atom. The molecule has 0 aromatic carbocycles. The van der Waals surface area contributed by atoms with Gasteiger partial charge in [-0.3, -0.25) is 19.4 Å². The van der Waals surface area contributed by atoms with Gasteiger partial charge in [-0.2, -0.15) is 0 Å². The lowest BCUT2D eigenvalue weighted by Crippen LogP contribution is -2.32. The summed E-state index contributed by atoms with van der Waals surface area (Å²) in [6, 6.07) is 0. The van der Waals surface area contributed by atoms with Crippen molar-refractivity contribution in [3.05, 3.63) is 38.5 Å². The molecule has 0 amide bonds. The number of ketones is 1. The summed E-state index contributed by atoms with van der Waals surface area (Å²) < 4.78 is 1.47. The average Bonchev–Trinajstić information content (AvgIpc) is 2.64. The van der Waals surface area contributed by atoms with Crippen LogP contribution in [0.1, 0.15) is 44.9 Å². The van der Waals surface area contributed by atoms with Gasteiger partial charge in [0.1, 0.15) is 0 Å². The van der Waals surface area contributed by atoms with E-state index in [0.717, 1.165) is 12.8 Å². The fourth-order valence-corrected chi connectivity index (χ4v) is 2.45. The van der Waals surface area contributed by atoms with E-state index in [0.29, 0.717) is 17.8 Å². The molecular formula is C15H19N2O3-. The molecule has 0 atom stereocenters. The summed E-state index contributed by atoms with van der Waals surface area (Å²) in [5, 5.41) is 15.0. The van der Waals surface area contributed by atoms with Crippen LogP contribution in [0.5, 0.6) is 0 Å². The maximum Gasteiger partial charge on any atom is 0.274 e. The number of H-pyrrole nitrogens is 1. The number of carbonyl (C=O) groups is 1. The lowest BCUT2D eigenvalue weighted by atomic mass is 9.81. The fourth-order valence-electron chi connectivity index (χ4n) is 2.45. The van der Waals surface area contributed by atoms with E-state index >= 15 is 0 Å². The van der Waals surface area contributed by atoms with Crippen molar-refractivity contribution in [2.24, 2.45) is 0 Å². The zero-order valence-corrected chi connectivity index (χ0v) is 12.3. The second-order valence-electron chi connectivity index (χ2n) is 5.33. The minimum absolute atomic E-state index is 0.0372. The third kappa shape index (κ3) is 2.03. The van der Waals surface area contributed by atoms with Crippen LogP contribution in [0.25, 0.3) is 5.57 Å². The van der Waals surface area contributed by atoms with Crippen molar-refractivity contribution < 1.29 is 9.90 Å². The molecule has 0 saturated heterocycles. The molecule has 20 heavy (non-hydrogen) atoms. The first-order valence-electron chi connectivity index (χ1n) is 6.83. The van der Waals surface area contributed by atoms with Gasteiger partial charge in [-0.05, 0) is 27.2 Å². The van der Waals surface area contributed by atoms with E-state index in [-0.39, 0.29) is 33.8 Å². The van der Waals surface area contributed by atoms with Crippen LogP contribution >= 0.6 is 0 Å². The molecule has 0 aliphatic heterocycles. The van der Waals surface area contributed by atoms with Crippen LogP contribution in [-0.2, 0) is 11.3 Å². The minimum atomic E-state index is -0.308. The maximum atomic E-state index is 12.3. The van der Waals surface area contributed by atoms with Gasteiger partial charge in [-0.25, -0.2) is 0 Å². The van der Waals surface area contributed by atoms with Crippen molar-refractivity contribution in [3.63, 3.8) is 0 Å². The van der Waals surface area contributed by atoms with Crippen molar-refractivity contribution >= 4 is 11.4 Å². The van der Waals surface area contributed by atoms with Crippen LogP contribution < -0.4 is 10.7 Å². The summed E-state index contributed by atoms with van der Waals surface area (Å²) in [7, 11) is 0. The normalized spacial score (nSPS) is 14.8. The summed E-state index contributed by atoms with van der Waals surface area (Å²) in [5.41, 5.74) is 1.50. The first-order chi connectivity index (χ1) is 9.40. The Hall–Kier alpha value is -2.04. The van der Waals surface area contributed by atoms with Gasteiger partial charge in [-0.1, -0.05) is 24.7 Å². The molecule has 0 radical (unpaired) electrons. The molecule has 1 aliphatic carbocycles. The van der Waals surface area contributed by atoms with Gasteiger partial charge in [0.05, 0.1) is 5.56 Å². The maximum absolute atomic E-state index is 12.3. The Balaban J connectivity index is 2.51. The smallest absolute Gasteiger partial charge is 0.274 e. The number of Topliss-reactive ketones (excluding diaryl/α,β-unsaturated/α-hetero) is 1. The highest BCUT2D eigenvalue weighted by atomic mass is 16.3. The van der Waals surface area contributed by atoms with Gasteiger partial charge in [0.2, 0.25) is 0 Å². The molecule has 1 aromatic heterocycles. The minimum Gasteiger partial charge on any atom is -0.871 e. The van der Waals surface area contributed by atoms with E-state index in [1.54, 1.807) is 20.8 Å². The first kappa shape index (κ1) is 14.4. The monoisotopic (exact) mass is 275 g/mol. The first-order valence-corrected chi connectivity index (χ1v) is 6.83. The molecule has 1 N–H and O–H groups in total. The van der Waals surface area contributed by atoms with Crippen LogP contribution in [-0.4, -0.2) is 15.6 Å². The van der Waals surface area contributed by atoms with Gasteiger partial charge in [0, 0.05) is 23.4 Å². The quantitative estimate of drug-likeness (QED) is 0.841. The van der Waals surface area contributed by atoms with Gasteiger partial charge < -0.3 is 5.11 Å². The SMILES string of the molecule is CCCCn1[nH]c(C)c(C2=C([O-])C(=C(C)C)C2=O)c1=O. The van der Waals surface area contributed by atoms with Crippen molar-refractivity contribution in [3.8, 4) is 0 Å². The Bertz CT molecular complexity index is 682. The second kappa shape index (κ2) is 5.15. The predicted molar refractivity (Wildman–Crippen MR) is 75.0 cm³/mol. The molecule has 0 unspecified atom stereocenters. The van der Waals surface area contributed by atoms with E-state index in [2.05, 4.69) is 5.10 Å². The van der Waals surface area contributed by atoms with E-state index in [1.165, 1.54) is 4.68 Å². The highest BCUT2D eigenvalue weighted by Crippen LogP contribution is 2.35. The van der Waals surface area contributed by atoms with Crippen molar-refractivity contribution in [2.45, 2.75) is 47.1 Å². The molecule has 1 heterocycles. The van der Waals surface area contributed by atoms with E-state index in [4.69, 9.17) is 0 Å². The summed E-state index contributed by atoms with van der Waals surface area (Å²) in [4.78, 5) is 24.4. The molecule has 0 bridgehead atoms. The number of hydrogen-bond donors (Lipinski definition) is 1. The number of allylic oxidation sites excluding steroid dienone is 3. The second-order valence-corrected chi connectivity index (χ2v) is 5.33. The van der Waals surface area contributed by atoms with Crippen molar-refractivity contribution in [1.29, 1.82) is 0 Å². The Labute approximate surface area is 117 Å². The summed E-state index contributed by atoms with van der Waals surface area (Å²) >= 11 is 0. The Morgan fingerprint density at radius 3 is 2.45 bits per heavy atom. The van der Waals surface area contributed by atoms with Crippen LogP contribution in [0.15, 0.2) is 21.7 Å². The number of aryl methyl sites for hydroxylation is 2. The number of aromatic amines is 1. The number of aromatic nitrogens is 2. The Morgan fingerprint density at radius 1 is 1.30 bits per heavy atom. The van der Waals surface area contributed by atoms with E-state index in [9.17, 15) is 14.7 Å². The summed E-state index contributed by atoms with van der Waals surface area (Å²) in [6.45, 7) is 7.78. The van der Waals surface area contributed by atoms with Gasteiger partial charge in [-0.15, -0.1) is 0 Å². The largest absolute Gasteiger partial charge is 0.871 e. The van der Waals surface area contributed by atoms with Gasteiger partial charge in [0.25, 0.3) is 5.56 Å². The van der Waals surface area contributed by atoms with Crippen LogP contribution in [0, 0.1) is 6.92 Å². The highest BCUT2D eigenvalue weighted by Gasteiger charge is 2.32. The fraction of sp³-hybridized carbons (Fsp3) is 0.467. The zero-order chi connectivity index (χ0) is 15.0. The predicted octanol–water partition coefficient (Wildman–Crippen LogP) is 1.28. The molecular weight excluding hydrogens is 256 g/mol. The zero-order valence-electron chi connectivity index (χ0n) is 12.3. The molecule has 1 aromatic rings. The molecule has 0 spiro atoms. The van der Waals surface area contributed by atoms with Gasteiger partial charge in [0.15, 0.2) is 5.78 Å². The van der Waals surface area contributed by atoms with Crippen molar-refractivity contribution in [2.75, 3.05) is 0 Å². The number of nitrogens with zero attached hydrogens (tertiary/aromatic N) is 1. The lowest BCUT2D eigenvalue weighted by Gasteiger charge is -2.31. The van der Waals surface area contributed by atoms with Gasteiger partial charge >= 0.3 is 0 Å². The number of hydrogen-bond acceptors (Lipinski definition) is 3. The third-order valence-corrected chi connectivity index (χ3v) is 3.53. The molecule has 0 saturated carbocycles. The molecule has 0 fully saturated rings. The Kier molecular flexibility index (Phi) is 3.70. The molecule has 1 aliphatic rings. The summed E-state index contributed by atoms with van der Waals surface area (Å²) in [5.74, 6) is -0.617. The topological polar surface area (TPSA) is 77.9 Å². The molecule has 108 valence electrons. The number of carbonyl (C=O) groups excluding carboxylic acids is 1. The van der Waals surface area contributed by atoms with Crippen LogP contribution in [0.3, 0.4) is 0 Å². The lowest BCUT2D eigenvalue weighted by molar-refractivity contribution is -0.297. The average molecular weight is 275 g/mol. The number of rotatable bonds is 4. The third-order valence-electron chi connectivity index (χ3n) is 3.53. The van der Waals surface area contributed by atoms with Crippen LogP contribution in [0.4, 0.5) is 0 Å².